The summed E-state index contributed by atoms with van der Waals surface area (Å²) in [6.07, 6.45) is 5.66. The quantitative estimate of drug-likeness (QED) is 0.633. The SMILES string of the molecule is CCCC[C@H](N)C(=O)N1CCCN(S(O)(O)c2cccc3cncc(F)c23)[C@@H](C)C1. The summed E-state index contributed by atoms with van der Waals surface area (Å²) in [5.74, 6) is -0.694. The second-order valence-electron chi connectivity index (χ2n) is 7.87. The average molecular weight is 439 g/mol. The van der Waals surface area contributed by atoms with E-state index in [1.165, 1.54) is 6.20 Å². The Hall–Kier alpha value is -1.78. The number of aromatic nitrogens is 1. The van der Waals surface area contributed by atoms with Crippen LogP contribution in [0.2, 0.25) is 0 Å². The van der Waals surface area contributed by atoms with Crippen molar-refractivity contribution in [1.29, 1.82) is 0 Å². The van der Waals surface area contributed by atoms with Crippen molar-refractivity contribution in [2.24, 2.45) is 5.73 Å². The molecule has 0 spiro atoms. The maximum absolute atomic E-state index is 14.5. The van der Waals surface area contributed by atoms with Gasteiger partial charge in [0.15, 0.2) is 5.82 Å². The smallest absolute Gasteiger partial charge is 0.239 e. The number of carbonyl (C=O) groups excluding carboxylic acids is 1. The first-order chi connectivity index (χ1) is 14.3. The highest BCUT2D eigenvalue weighted by atomic mass is 32.3. The molecule has 1 aromatic carbocycles. The third-order valence-electron chi connectivity index (χ3n) is 5.60. The molecule has 0 unspecified atom stereocenters. The minimum absolute atomic E-state index is 0.101. The summed E-state index contributed by atoms with van der Waals surface area (Å²) in [4.78, 5) is 18.5. The predicted octanol–water partition coefficient (Wildman–Crippen LogP) is 3.84. The summed E-state index contributed by atoms with van der Waals surface area (Å²) in [6.45, 7) is 5.12. The van der Waals surface area contributed by atoms with Gasteiger partial charge in [0.05, 0.1) is 17.1 Å². The molecule has 30 heavy (non-hydrogen) atoms. The summed E-state index contributed by atoms with van der Waals surface area (Å²) in [5.41, 5.74) is 6.08. The van der Waals surface area contributed by atoms with Crippen LogP contribution >= 0.6 is 10.8 Å². The fourth-order valence-electron chi connectivity index (χ4n) is 4.01. The van der Waals surface area contributed by atoms with Gasteiger partial charge < -0.3 is 10.6 Å². The highest BCUT2D eigenvalue weighted by Crippen LogP contribution is 2.55. The van der Waals surface area contributed by atoms with Gasteiger partial charge in [0.25, 0.3) is 0 Å². The van der Waals surface area contributed by atoms with Crippen LogP contribution in [0.5, 0.6) is 0 Å². The number of nitrogens with two attached hydrogens (primary N) is 1. The van der Waals surface area contributed by atoms with Crippen LogP contribution < -0.4 is 5.73 Å². The standard InChI is InChI=1S/C21H31FN4O3S/c1-3-4-8-18(23)21(27)25-10-6-11-26(15(2)14-25)30(28,29)19-9-5-7-16-12-24-13-17(22)20(16)19/h5,7,9,12-13,15,18,28-29H,3-4,6,8,10-11,14,23H2,1-2H3/t15-,18-/m0/s1. The fourth-order valence-corrected chi connectivity index (χ4v) is 5.97. The van der Waals surface area contributed by atoms with E-state index in [0.717, 1.165) is 19.0 Å². The average Bonchev–Trinajstić information content (AvgIpc) is 2.93. The zero-order valence-electron chi connectivity index (χ0n) is 17.5. The molecule has 0 bridgehead atoms. The van der Waals surface area contributed by atoms with Crippen molar-refractivity contribution in [3.8, 4) is 0 Å². The highest BCUT2D eigenvalue weighted by Gasteiger charge is 2.35. The minimum Gasteiger partial charge on any atom is -0.340 e. The Morgan fingerprint density at radius 2 is 2.13 bits per heavy atom. The molecule has 9 heteroatoms. The van der Waals surface area contributed by atoms with Gasteiger partial charge in [-0.1, -0.05) is 31.9 Å². The van der Waals surface area contributed by atoms with Gasteiger partial charge in [0.1, 0.15) is 0 Å². The van der Waals surface area contributed by atoms with Gasteiger partial charge in [0.2, 0.25) is 5.91 Å². The molecule has 4 N–H and O–H groups in total. The van der Waals surface area contributed by atoms with Crippen molar-refractivity contribution in [3.63, 3.8) is 0 Å². The van der Waals surface area contributed by atoms with E-state index in [9.17, 15) is 18.3 Å². The number of benzene rings is 1. The van der Waals surface area contributed by atoms with Crippen LogP contribution in [0, 0.1) is 5.82 Å². The lowest BCUT2D eigenvalue weighted by Gasteiger charge is -2.46. The van der Waals surface area contributed by atoms with E-state index in [4.69, 9.17) is 5.73 Å². The molecule has 166 valence electrons. The van der Waals surface area contributed by atoms with Gasteiger partial charge in [-0.3, -0.25) is 18.9 Å². The molecule has 7 nitrogen and oxygen atoms in total. The van der Waals surface area contributed by atoms with E-state index < -0.39 is 22.6 Å². The molecule has 1 amide bonds. The third kappa shape index (κ3) is 4.60. The molecule has 2 heterocycles. The maximum Gasteiger partial charge on any atom is 0.239 e. The lowest BCUT2D eigenvalue weighted by atomic mass is 10.1. The maximum atomic E-state index is 14.5. The van der Waals surface area contributed by atoms with Crippen LogP contribution in [0.3, 0.4) is 0 Å². The van der Waals surface area contributed by atoms with Gasteiger partial charge >= 0.3 is 0 Å². The van der Waals surface area contributed by atoms with E-state index >= 15 is 0 Å². The van der Waals surface area contributed by atoms with Crippen LogP contribution in [0.1, 0.15) is 39.5 Å². The van der Waals surface area contributed by atoms with Crippen LogP contribution in [-0.2, 0) is 4.79 Å². The molecule has 2 atom stereocenters. The number of halogens is 1. The lowest BCUT2D eigenvalue weighted by Crippen LogP contribution is -2.47. The Bertz CT molecular complexity index is 892. The number of amides is 1. The Morgan fingerprint density at radius 1 is 1.37 bits per heavy atom. The number of fused-ring (bicyclic) bond motifs is 1. The largest absolute Gasteiger partial charge is 0.340 e. The molecule has 1 aliphatic heterocycles. The van der Waals surface area contributed by atoms with Crippen LogP contribution in [0.4, 0.5) is 4.39 Å². The lowest BCUT2D eigenvalue weighted by molar-refractivity contribution is -0.133. The van der Waals surface area contributed by atoms with Crippen molar-refractivity contribution >= 4 is 27.5 Å². The normalized spacial score (nSPS) is 20.2. The van der Waals surface area contributed by atoms with Crippen molar-refractivity contribution < 1.29 is 18.3 Å². The summed E-state index contributed by atoms with van der Waals surface area (Å²) in [6, 6.07) is 4.03. The van der Waals surface area contributed by atoms with E-state index in [1.807, 2.05) is 6.92 Å². The Balaban J connectivity index is 1.85. The first-order valence-corrected chi connectivity index (χ1v) is 11.9. The Morgan fingerprint density at radius 3 is 2.87 bits per heavy atom. The van der Waals surface area contributed by atoms with Crippen LogP contribution in [0.25, 0.3) is 10.8 Å². The van der Waals surface area contributed by atoms with Crippen molar-refractivity contribution in [3.05, 3.63) is 36.4 Å². The second kappa shape index (κ2) is 9.57. The molecule has 1 fully saturated rings. The number of hydrogen-bond acceptors (Lipinski definition) is 6. The third-order valence-corrected chi connectivity index (χ3v) is 7.73. The predicted molar refractivity (Wildman–Crippen MR) is 118 cm³/mol. The van der Waals surface area contributed by atoms with Gasteiger partial charge in [-0.2, -0.15) is 4.31 Å². The van der Waals surface area contributed by atoms with E-state index in [-0.39, 0.29) is 22.2 Å². The van der Waals surface area contributed by atoms with Crippen LogP contribution in [0.15, 0.2) is 35.5 Å². The zero-order chi connectivity index (χ0) is 21.9. The number of carbonyl (C=O) groups is 1. The first-order valence-electron chi connectivity index (χ1n) is 10.4. The second-order valence-corrected chi connectivity index (χ2v) is 9.82. The molecule has 3 rings (SSSR count). The van der Waals surface area contributed by atoms with Gasteiger partial charge in [-0.15, -0.1) is 10.8 Å². The number of rotatable bonds is 6. The molecule has 0 saturated carbocycles. The minimum atomic E-state index is -3.47. The summed E-state index contributed by atoms with van der Waals surface area (Å²) >= 11 is 0. The Kier molecular flexibility index (Phi) is 7.30. The van der Waals surface area contributed by atoms with Gasteiger partial charge in [-0.25, -0.2) is 4.39 Å². The molecule has 0 radical (unpaired) electrons. The molecule has 0 aliphatic carbocycles. The molecule has 1 saturated heterocycles. The van der Waals surface area contributed by atoms with E-state index in [2.05, 4.69) is 11.9 Å². The summed E-state index contributed by atoms with van der Waals surface area (Å²) < 4.78 is 38.6. The summed E-state index contributed by atoms with van der Waals surface area (Å²) in [5, 5.41) is 0.673. The molecule has 1 aliphatic rings. The number of unbranched alkanes of at least 4 members (excludes halogenated alkanes) is 1. The number of pyridine rings is 1. The highest BCUT2D eigenvalue weighted by molar-refractivity contribution is 8.22. The molecule has 2 aromatic rings. The summed E-state index contributed by atoms with van der Waals surface area (Å²) in [7, 11) is -3.47. The molecule has 1 aromatic heterocycles. The van der Waals surface area contributed by atoms with Crippen molar-refractivity contribution in [2.45, 2.75) is 56.5 Å². The molecular weight excluding hydrogens is 407 g/mol. The Labute approximate surface area is 178 Å². The van der Waals surface area contributed by atoms with Crippen LogP contribution in [-0.4, -0.2) is 60.9 Å². The first kappa shape index (κ1) is 22.9. The fraction of sp³-hybridized carbons (Fsp3) is 0.524. The van der Waals surface area contributed by atoms with E-state index in [0.29, 0.717) is 37.9 Å². The number of nitrogens with zero attached hydrogens (tertiary/aromatic N) is 3. The monoisotopic (exact) mass is 438 g/mol. The van der Waals surface area contributed by atoms with E-state index in [1.54, 1.807) is 27.4 Å². The van der Waals surface area contributed by atoms with Crippen molar-refractivity contribution in [2.75, 3.05) is 19.6 Å². The van der Waals surface area contributed by atoms with Gasteiger partial charge in [-0.05, 0) is 25.8 Å². The zero-order valence-corrected chi connectivity index (χ0v) is 18.3. The van der Waals surface area contributed by atoms with Gasteiger partial charge in [0, 0.05) is 42.6 Å². The topological polar surface area (TPSA) is 103 Å². The number of hydrogen-bond donors (Lipinski definition) is 3. The molecular formula is C21H31FN4O3S. The van der Waals surface area contributed by atoms with Crippen molar-refractivity contribution in [1.82, 2.24) is 14.2 Å².